The van der Waals surface area contributed by atoms with Crippen molar-refractivity contribution in [1.82, 2.24) is 14.9 Å². The highest BCUT2D eigenvalue weighted by Crippen LogP contribution is 2.50. The maximum absolute atomic E-state index is 13.2. The van der Waals surface area contributed by atoms with Gasteiger partial charge in [-0.05, 0) is 48.2 Å². The van der Waals surface area contributed by atoms with E-state index in [9.17, 15) is 9.90 Å². The lowest BCUT2D eigenvalue weighted by atomic mass is 9.62. The summed E-state index contributed by atoms with van der Waals surface area (Å²) in [6, 6.07) is 16.4. The van der Waals surface area contributed by atoms with Crippen molar-refractivity contribution < 1.29 is 9.90 Å². The Morgan fingerprint density at radius 1 is 1.00 bits per heavy atom. The van der Waals surface area contributed by atoms with Crippen molar-refractivity contribution in [2.75, 3.05) is 31.6 Å². The molecule has 0 aliphatic carbocycles. The zero-order chi connectivity index (χ0) is 27.2. The number of likely N-dealkylation sites (tertiary alicyclic amines) is 1. The SMILES string of the molecule is CC(C)c1ccc(C(O)(c2cncc(N3CC(c4cccc(C(C)C)n4)CC3=O)c2)C2(C)CN(C)C2)cc1. The molecule has 1 aromatic carbocycles. The number of amides is 1. The monoisotopic (exact) mass is 512 g/mol. The van der Waals surface area contributed by atoms with E-state index < -0.39 is 5.60 Å². The van der Waals surface area contributed by atoms with Crippen LogP contribution in [0.15, 0.2) is 60.9 Å². The van der Waals surface area contributed by atoms with Gasteiger partial charge in [-0.2, -0.15) is 0 Å². The Balaban J connectivity index is 1.49. The third-order valence-electron chi connectivity index (χ3n) is 8.49. The van der Waals surface area contributed by atoms with Gasteiger partial charge in [-0.15, -0.1) is 0 Å². The van der Waals surface area contributed by atoms with Gasteiger partial charge < -0.3 is 14.9 Å². The maximum atomic E-state index is 13.2. The Morgan fingerprint density at radius 2 is 1.71 bits per heavy atom. The van der Waals surface area contributed by atoms with Crippen molar-refractivity contribution in [1.29, 1.82) is 0 Å². The highest BCUT2D eigenvalue weighted by molar-refractivity contribution is 5.96. The second-order valence-electron chi connectivity index (χ2n) is 12.2. The summed E-state index contributed by atoms with van der Waals surface area (Å²) >= 11 is 0. The first-order valence-electron chi connectivity index (χ1n) is 13.8. The molecule has 0 bridgehead atoms. The second-order valence-corrected chi connectivity index (χ2v) is 12.2. The summed E-state index contributed by atoms with van der Waals surface area (Å²) in [5.41, 5.74) is 3.92. The molecule has 200 valence electrons. The molecule has 4 heterocycles. The fraction of sp³-hybridized carbons (Fsp3) is 0.469. The van der Waals surface area contributed by atoms with Gasteiger partial charge in [0.1, 0.15) is 5.60 Å². The van der Waals surface area contributed by atoms with E-state index in [0.29, 0.717) is 24.8 Å². The molecule has 0 saturated carbocycles. The van der Waals surface area contributed by atoms with Gasteiger partial charge in [0.25, 0.3) is 0 Å². The fourth-order valence-electron chi connectivity index (χ4n) is 6.29. The van der Waals surface area contributed by atoms with E-state index in [-0.39, 0.29) is 17.2 Å². The molecule has 2 fully saturated rings. The van der Waals surface area contributed by atoms with Crippen LogP contribution in [0.2, 0.25) is 0 Å². The van der Waals surface area contributed by atoms with E-state index in [1.807, 2.05) is 29.2 Å². The summed E-state index contributed by atoms with van der Waals surface area (Å²) in [7, 11) is 2.07. The summed E-state index contributed by atoms with van der Waals surface area (Å²) in [5.74, 6) is 0.843. The highest BCUT2D eigenvalue weighted by Gasteiger charge is 2.55. The minimum Gasteiger partial charge on any atom is -0.380 e. The van der Waals surface area contributed by atoms with Gasteiger partial charge in [-0.1, -0.05) is 65.0 Å². The van der Waals surface area contributed by atoms with E-state index in [2.05, 4.69) is 75.8 Å². The number of carbonyl (C=O) groups excluding carboxylic acids is 1. The average molecular weight is 513 g/mol. The predicted molar refractivity (Wildman–Crippen MR) is 151 cm³/mol. The molecule has 5 rings (SSSR count). The molecule has 0 radical (unpaired) electrons. The Hall–Kier alpha value is -3.09. The molecule has 0 spiro atoms. The number of pyridine rings is 2. The smallest absolute Gasteiger partial charge is 0.227 e. The normalized spacial score (nSPS) is 21.1. The van der Waals surface area contributed by atoms with Crippen molar-refractivity contribution in [3.05, 3.63) is 89.0 Å². The molecule has 1 amide bonds. The standard InChI is InChI=1S/C32H40N4O2/c1-21(2)23-10-12-25(13-11-23)32(38,31(5)19-35(6)20-31)26-15-27(17-33-16-26)36-18-24(14-30(36)37)29-9-7-8-28(34-29)22(3)4/h7-13,15-17,21-22,24,38H,14,18-20H2,1-6H3. The largest absolute Gasteiger partial charge is 0.380 e. The first-order chi connectivity index (χ1) is 18.0. The van der Waals surface area contributed by atoms with Gasteiger partial charge >= 0.3 is 0 Å². The van der Waals surface area contributed by atoms with Crippen LogP contribution in [0.4, 0.5) is 5.69 Å². The number of carbonyl (C=O) groups is 1. The molecule has 2 unspecified atom stereocenters. The molecule has 2 aliphatic heterocycles. The third-order valence-corrected chi connectivity index (χ3v) is 8.49. The predicted octanol–water partition coefficient (Wildman–Crippen LogP) is 5.43. The Bertz CT molecular complexity index is 1310. The molecular weight excluding hydrogens is 472 g/mol. The van der Waals surface area contributed by atoms with Crippen molar-refractivity contribution in [2.24, 2.45) is 5.41 Å². The summed E-state index contributed by atoms with van der Waals surface area (Å²) < 4.78 is 0. The first kappa shape index (κ1) is 26.5. The lowest BCUT2D eigenvalue weighted by Gasteiger charge is -2.56. The van der Waals surface area contributed by atoms with Crippen molar-refractivity contribution in [3.63, 3.8) is 0 Å². The van der Waals surface area contributed by atoms with Crippen LogP contribution in [-0.2, 0) is 10.4 Å². The van der Waals surface area contributed by atoms with Crippen LogP contribution in [0.3, 0.4) is 0 Å². The van der Waals surface area contributed by atoms with Gasteiger partial charge in [0.2, 0.25) is 5.91 Å². The lowest BCUT2D eigenvalue weighted by Crippen LogP contribution is -2.63. The summed E-state index contributed by atoms with van der Waals surface area (Å²) in [6.45, 7) is 12.8. The highest BCUT2D eigenvalue weighted by atomic mass is 16.3. The molecule has 3 aromatic rings. The van der Waals surface area contributed by atoms with E-state index in [1.54, 1.807) is 12.4 Å². The number of aliphatic hydroxyl groups is 1. The maximum Gasteiger partial charge on any atom is 0.227 e. The van der Waals surface area contributed by atoms with Crippen molar-refractivity contribution in [2.45, 2.75) is 64.4 Å². The molecule has 1 N–H and O–H groups in total. The Labute approximate surface area is 226 Å². The summed E-state index contributed by atoms with van der Waals surface area (Å²) in [6.07, 6.45) is 3.91. The molecule has 2 aromatic heterocycles. The molecule has 2 atom stereocenters. The first-order valence-corrected chi connectivity index (χ1v) is 13.8. The Morgan fingerprint density at radius 3 is 2.34 bits per heavy atom. The zero-order valence-corrected chi connectivity index (χ0v) is 23.5. The molecule has 6 nitrogen and oxygen atoms in total. The van der Waals surface area contributed by atoms with Gasteiger partial charge in [0.05, 0.1) is 11.9 Å². The quantitative estimate of drug-likeness (QED) is 0.457. The number of hydrogen-bond donors (Lipinski definition) is 1. The number of nitrogens with zero attached hydrogens (tertiary/aromatic N) is 4. The number of benzene rings is 1. The van der Waals surface area contributed by atoms with Crippen LogP contribution in [0.25, 0.3) is 0 Å². The van der Waals surface area contributed by atoms with Gasteiger partial charge in [-0.3, -0.25) is 14.8 Å². The van der Waals surface area contributed by atoms with Crippen LogP contribution < -0.4 is 4.90 Å². The number of aromatic nitrogens is 2. The van der Waals surface area contributed by atoms with Crippen molar-refractivity contribution in [3.8, 4) is 0 Å². The molecule has 2 aliphatic rings. The summed E-state index contributed by atoms with van der Waals surface area (Å²) in [5, 5.41) is 12.5. The van der Waals surface area contributed by atoms with Crippen LogP contribution >= 0.6 is 0 Å². The molecule has 38 heavy (non-hydrogen) atoms. The minimum absolute atomic E-state index is 0.0325. The van der Waals surface area contributed by atoms with Crippen LogP contribution in [0.5, 0.6) is 0 Å². The lowest BCUT2D eigenvalue weighted by molar-refractivity contribution is -0.127. The van der Waals surface area contributed by atoms with Crippen molar-refractivity contribution >= 4 is 11.6 Å². The third kappa shape index (κ3) is 4.54. The number of rotatable bonds is 7. The average Bonchev–Trinajstić information content (AvgIpc) is 3.29. The van der Waals surface area contributed by atoms with Crippen LogP contribution in [0.1, 0.15) is 86.9 Å². The number of hydrogen-bond acceptors (Lipinski definition) is 5. The second kappa shape index (κ2) is 9.90. The Kier molecular flexibility index (Phi) is 6.91. The van der Waals surface area contributed by atoms with Gasteiger partial charge in [0.15, 0.2) is 0 Å². The zero-order valence-electron chi connectivity index (χ0n) is 23.5. The molecule has 6 heteroatoms. The van der Waals surface area contributed by atoms with Gasteiger partial charge in [-0.25, -0.2) is 0 Å². The topological polar surface area (TPSA) is 69.6 Å². The van der Waals surface area contributed by atoms with E-state index in [0.717, 1.165) is 41.3 Å². The van der Waals surface area contributed by atoms with Crippen LogP contribution in [-0.4, -0.2) is 52.6 Å². The van der Waals surface area contributed by atoms with Gasteiger partial charge in [0, 0.05) is 60.5 Å². The fourth-order valence-corrected chi connectivity index (χ4v) is 6.29. The molecule has 2 saturated heterocycles. The van der Waals surface area contributed by atoms with Crippen LogP contribution in [0, 0.1) is 5.41 Å². The number of anilines is 1. The van der Waals surface area contributed by atoms with E-state index in [4.69, 9.17) is 4.98 Å². The van der Waals surface area contributed by atoms with E-state index in [1.165, 1.54) is 5.56 Å². The summed E-state index contributed by atoms with van der Waals surface area (Å²) in [4.78, 5) is 26.6. The minimum atomic E-state index is -1.24. The molecular formula is C32H40N4O2. The van der Waals surface area contributed by atoms with E-state index >= 15 is 0 Å².